The van der Waals surface area contributed by atoms with Gasteiger partial charge in [-0.1, -0.05) is 0 Å². The zero-order chi connectivity index (χ0) is 21.0. The van der Waals surface area contributed by atoms with Gasteiger partial charge in [-0.15, -0.1) is 0 Å². The van der Waals surface area contributed by atoms with Crippen LogP contribution in [0.25, 0.3) is 16.9 Å². The largest absolute Gasteiger partial charge is 0.433 e. The Kier molecular flexibility index (Phi) is 5.69. The molecular formula is C18H14F3N5O3. The van der Waals surface area contributed by atoms with Gasteiger partial charge in [0.05, 0.1) is 24.2 Å². The van der Waals surface area contributed by atoms with Crippen LogP contribution in [0.4, 0.5) is 13.2 Å². The molecule has 0 aliphatic heterocycles. The number of amides is 1. The minimum absolute atomic E-state index is 0.0591. The SMILES string of the molecule is O=C(NCCO)c1cc(-c2ccc(C(F)(F)F)nc2)nn(-c2cccnc2)c1=O. The van der Waals surface area contributed by atoms with Crippen molar-refractivity contribution in [3.05, 3.63) is 70.5 Å². The zero-order valence-corrected chi connectivity index (χ0v) is 14.7. The van der Waals surface area contributed by atoms with E-state index in [0.717, 1.165) is 29.1 Å². The van der Waals surface area contributed by atoms with Gasteiger partial charge in [-0.3, -0.25) is 19.6 Å². The van der Waals surface area contributed by atoms with Gasteiger partial charge in [0.25, 0.3) is 11.5 Å². The quantitative estimate of drug-likeness (QED) is 0.665. The van der Waals surface area contributed by atoms with Crippen molar-refractivity contribution in [3.8, 4) is 16.9 Å². The maximum atomic E-state index is 12.7. The highest BCUT2D eigenvalue weighted by molar-refractivity contribution is 5.94. The molecule has 8 nitrogen and oxygen atoms in total. The molecule has 29 heavy (non-hydrogen) atoms. The Morgan fingerprint density at radius 1 is 1.21 bits per heavy atom. The number of halogens is 3. The Hall–Kier alpha value is -3.60. The lowest BCUT2D eigenvalue weighted by molar-refractivity contribution is -0.141. The van der Waals surface area contributed by atoms with Crippen LogP contribution in [-0.4, -0.2) is 43.9 Å². The molecule has 0 fully saturated rings. The summed E-state index contributed by atoms with van der Waals surface area (Å²) < 4.78 is 39.2. The average molecular weight is 405 g/mol. The van der Waals surface area contributed by atoms with Gasteiger partial charge in [0, 0.05) is 24.5 Å². The summed E-state index contributed by atoms with van der Waals surface area (Å²) in [7, 11) is 0. The summed E-state index contributed by atoms with van der Waals surface area (Å²) in [4.78, 5) is 32.3. The molecule has 3 heterocycles. The molecular weight excluding hydrogens is 391 g/mol. The molecule has 0 spiro atoms. The Balaban J connectivity index is 2.14. The Bertz CT molecular complexity index is 1070. The van der Waals surface area contributed by atoms with Crippen molar-refractivity contribution in [2.24, 2.45) is 0 Å². The Labute approximate surface area is 161 Å². The second-order valence-corrected chi connectivity index (χ2v) is 5.78. The highest BCUT2D eigenvalue weighted by Gasteiger charge is 2.32. The topological polar surface area (TPSA) is 110 Å². The predicted molar refractivity (Wildman–Crippen MR) is 95.3 cm³/mol. The fourth-order valence-electron chi connectivity index (χ4n) is 2.43. The van der Waals surface area contributed by atoms with Crippen LogP contribution in [0.5, 0.6) is 0 Å². The summed E-state index contributed by atoms with van der Waals surface area (Å²) in [5.74, 6) is -0.759. The number of pyridine rings is 2. The second-order valence-electron chi connectivity index (χ2n) is 5.78. The first kappa shape index (κ1) is 20.1. The van der Waals surface area contributed by atoms with E-state index in [9.17, 15) is 22.8 Å². The third kappa shape index (κ3) is 4.46. The predicted octanol–water partition coefficient (Wildman–Crippen LogP) is 1.43. The summed E-state index contributed by atoms with van der Waals surface area (Å²) >= 11 is 0. The molecule has 0 aromatic carbocycles. The Morgan fingerprint density at radius 3 is 2.59 bits per heavy atom. The number of carbonyl (C=O) groups is 1. The maximum absolute atomic E-state index is 12.7. The molecule has 0 aliphatic carbocycles. The van der Waals surface area contributed by atoms with Crippen LogP contribution in [0.3, 0.4) is 0 Å². The first-order valence-electron chi connectivity index (χ1n) is 8.28. The van der Waals surface area contributed by atoms with Crippen LogP contribution in [0.15, 0.2) is 53.7 Å². The smallest absolute Gasteiger partial charge is 0.395 e. The number of hydrogen-bond acceptors (Lipinski definition) is 6. The molecule has 1 amide bonds. The summed E-state index contributed by atoms with van der Waals surface area (Å²) in [6, 6.07) is 6.17. The lowest BCUT2D eigenvalue weighted by Gasteiger charge is -2.11. The minimum atomic E-state index is -4.60. The number of aliphatic hydroxyl groups excluding tert-OH is 1. The number of nitrogens with zero attached hydrogens (tertiary/aromatic N) is 4. The molecule has 0 aliphatic rings. The highest BCUT2D eigenvalue weighted by Crippen LogP contribution is 2.28. The second kappa shape index (κ2) is 8.19. The van der Waals surface area contributed by atoms with Gasteiger partial charge >= 0.3 is 6.18 Å². The minimum Gasteiger partial charge on any atom is -0.395 e. The van der Waals surface area contributed by atoms with Crippen molar-refractivity contribution in [2.75, 3.05) is 13.2 Å². The van der Waals surface area contributed by atoms with E-state index < -0.39 is 23.3 Å². The van der Waals surface area contributed by atoms with Crippen molar-refractivity contribution in [2.45, 2.75) is 6.18 Å². The molecule has 3 rings (SSSR count). The normalized spacial score (nSPS) is 11.3. The van der Waals surface area contributed by atoms with E-state index in [1.807, 2.05) is 0 Å². The van der Waals surface area contributed by atoms with Gasteiger partial charge in [-0.2, -0.15) is 23.0 Å². The van der Waals surface area contributed by atoms with Gasteiger partial charge in [-0.05, 0) is 30.3 Å². The number of alkyl halides is 3. The number of aromatic nitrogens is 4. The Morgan fingerprint density at radius 2 is 2.00 bits per heavy atom. The van der Waals surface area contributed by atoms with Gasteiger partial charge in [-0.25, -0.2) is 0 Å². The van der Waals surface area contributed by atoms with E-state index in [-0.39, 0.29) is 35.7 Å². The molecule has 150 valence electrons. The molecule has 0 unspecified atom stereocenters. The molecule has 11 heteroatoms. The maximum Gasteiger partial charge on any atom is 0.433 e. The first-order chi connectivity index (χ1) is 13.8. The fraction of sp³-hybridized carbons (Fsp3) is 0.167. The van der Waals surface area contributed by atoms with Crippen LogP contribution in [-0.2, 0) is 6.18 Å². The molecule has 0 radical (unpaired) electrons. The molecule has 0 saturated heterocycles. The summed E-state index contributed by atoms with van der Waals surface area (Å²) in [6.45, 7) is -0.409. The monoisotopic (exact) mass is 405 g/mol. The zero-order valence-electron chi connectivity index (χ0n) is 14.7. The van der Waals surface area contributed by atoms with Gasteiger partial charge < -0.3 is 10.4 Å². The molecule has 0 atom stereocenters. The lowest BCUT2D eigenvalue weighted by Crippen LogP contribution is -2.35. The van der Waals surface area contributed by atoms with E-state index in [2.05, 4.69) is 20.4 Å². The average Bonchev–Trinajstić information content (AvgIpc) is 2.72. The summed E-state index contributed by atoms with van der Waals surface area (Å²) in [5, 5.41) is 15.4. The molecule has 3 aromatic heterocycles. The van der Waals surface area contributed by atoms with Crippen LogP contribution < -0.4 is 10.9 Å². The number of aliphatic hydroxyl groups is 1. The fourth-order valence-corrected chi connectivity index (χ4v) is 2.43. The van der Waals surface area contributed by atoms with Crippen molar-refractivity contribution in [3.63, 3.8) is 0 Å². The van der Waals surface area contributed by atoms with E-state index in [1.165, 1.54) is 18.5 Å². The standard InChI is InChI=1S/C18H14F3N5O3/c19-18(20,21)15-4-3-11(9-24-15)14-8-13(16(28)23-6-7-27)17(29)26(25-14)12-2-1-5-22-10-12/h1-5,8-10,27H,6-7H2,(H,23,28). The van der Waals surface area contributed by atoms with Gasteiger partial charge in [0.15, 0.2) is 0 Å². The van der Waals surface area contributed by atoms with E-state index >= 15 is 0 Å². The van der Waals surface area contributed by atoms with Crippen molar-refractivity contribution in [1.29, 1.82) is 0 Å². The first-order valence-corrected chi connectivity index (χ1v) is 8.28. The molecule has 3 aromatic rings. The van der Waals surface area contributed by atoms with E-state index in [0.29, 0.717) is 0 Å². The van der Waals surface area contributed by atoms with Gasteiger partial charge in [0.1, 0.15) is 11.3 Å². The highest BCUT2D eigenvalue weighted by atomic mass is 19.4. The number of rotatable bonds is 5. The van der Waals surface area contributed by atoms with Crippen LogP contribution >= 0.6 is 0 Å². The summed E-state index contributed by atoms with van der Waals surface area (Å²) in [6.07, 6.45) is -0.819. The van der Waals surface area contributed by atoms with Gasteiger partial charge in [0.2, 0.25) is 0 Å². The number of carbonyl (C=O) groups excluding carboxylic acids is 1. The molecule has 0 bridgehead atoms. The van der Waals surface area contributed by atoms with Crippen LogP contribution in [0.1, 0.15) is 16.1 Å². The number of nitrogens with one attached hydrogen (secondary N) is 1. The third-order valence-corrected chi connectivity index (χ3v) is 3.79. The van der Waals surface area contributed by atoms with E-state index in [4.69, 9.17) is 5.11 Å². The molecule has 0 saturated carbocycles. The van der Waals surface area contributed by atoms with Crippen molar-refractivity contribution in [1.82, 2.24) is 25.1 Å². The van der Waals surface area contributed by atoms with Crippen LogP contribution in [0, 0.1) is 0 Å². The number of hydrogen-bond donors (Lipinski definition) is 2. The van der Waals surface area contributed by atoms with Crippen molar-refractivity contribution < 1.29 is 23.1 Å². The van der Waals surface area contributed by atoms with E-state index in [1.54, 1.807) is 6.07 Å². The lowest BCUT2D eigenvalue weighted by atomic mass is 10.1. The van der Waals surface area contributed by atoms with Crippen LogP contribution in [0.2, 0.25) is 0 Å². The van der Waals surface area contributed by atoms with Crippen molar-refractivity contribution >= 4 is 5.91 Å². The molecule has 2 N–H and O–H groups in total. The third-order valence-electron chi connectivity index (χ3n) is 3.79. The summed E-state index contributed by atoms with van der Waals surface area (Å²) in [5.41, 5.74) is -1.64.